The van der Waals surface area contributed by atoms with Crippen molar-refractivity contribution in [2.24, 2.45) is 0 Å². The second-order valence-electron chi connectivity index (χ2n) is 5.14. The van der Waals surface area contributed by atoms with Gasteiger partial charge in [0.15, 0.2) is 0 Å². The van der Waals surface area contributed by atoms with Gasteiger partial charge in [0.05, 0.1) is 10.7 Å². The van der Waals surface area contributed by atoms with Gasteiger partial charge in [-0.25, -0.2) is 4.98 Å². The average Bonchev–Trinajstić information content (AvgIpc) is 2.55. The fourth-order valence-corrected chi connectivity index (χ4v) is 2.38. The Balaban J connectivity index is 2.03. The number of rotatable bonds is 7. The molecule has 0 spiro atoms. The molecule has 0 aliphatic heterocycles. The molecule has 0 saturated heterocycles. The van der Waals surface area contributed by atoms with Gasteiger partial charge < -0.3 is 10.6 Å². The van der Waals surface area contributed by atoms with Crippen LogP contribution in [0.5, 0.6) is 0 Å². The van der Waals surface area contributed by atoms with Crippen LogP contribution in [-0.4, -0.2) is 17.4 Å². The summed E-state index contributed by atoms with van der Waals surface area (Å²) >= 11 is 12.0. The summed E-state index contributed by atoms with van der Waals surface area (Å²) in [5, 5.41) is 6.93. The van der Waals surface area contributed by atoms with E-state index in [0.29, 0.717) is 27.1 Å². The Morgan fingerprint density at radius 3 is 2.78 bits per heavy atom. The van der Waals surface area contributed by atoms with Gasteiger partial charge in [-0.05, 0) is 36.8 Å². The highest BCUT2D eigenvalue weighted by molar-refractivity contribution is 6.35. The van der Waals surface area contributed by atoms with E-state index in [1.54, 1.807) is 36.5 Å². The summed E-state index contributed by atoms with van der Waals surface area (Å²) in [7, 11) is 0. The summed E-state index contributed by atoms with van der Waals surface area (Å²) in [5.41, 5.74) is 0.993. The molecule has 0 saturated carbocycles. The van der Waals surface area contributed by atoms with Crippen molar-refractivity contribution in [1.82, 2.24) is 4.98 Å². The van der Waals surface area contributed by atoms with Crippen LogP contribution in [0.25, 0.3) is 0 Å². The van der Waals surface area contributed by atoms with Crippen molar-refractivity contribution in [3.8, 4) is 0 Å². The molecule has 0 aliphatic carbocycles. The van der Waals surface area contributed by atoms with E-state index in [0.717, 1.165) is 19.4 Å². The lowest BCUT2D eigenvalue weighted by Gasteiger charge is -2.09. The highest BCUT2D eigenvalue weighted by Crippen LogP contribution is 2.26. The summed E-state index contributed by atoms with van der Waals surface area (Å²) < 4.78 is 0. The van der Waals surface area contributed by atoms with Crippen LogP contribution in [0.15, 0.2) is 36.5 Å². The maximum atomic E-state index is 12.3. The molecule has 0 fully saturated rings. The number of pyridine rings is 1. The lowest BCUT2D eigenvalue weighted by atomic mass is 10.2. The van der Waals surface area contributed by atoms with E-state index >= 15 is 0 Å². The molecule has 0 aliphatic rings. The van der Waals surface area contributed by atoms with Gasteiger partial charge in [-0.2, -0.15) is 0 Å². The number of carbonyl (C=O) groups is 1. The van der Waals surface area contributed by atoms with Crippen molar-refractivity contribution in [3.05, 3.63) is 52.1 Å². The van der Waals surface area contributed by atoms with Gasteiger partial charge in [0.2, 0.25) is 0 Å². The van der Waals surface area contributed by atoms with Gasteiger partial charge >= 0.3 is 0 Å². The van der Waals surface area contributed by atoms with Gasteiger partial charge in [-0.15, -0.1) is 0 Å². The first-order valence-corrected chi connectivity index (χ1v) is 8.32. The standard InChI is InChI=1S/C17H19Cl2N3O/c1-2-3-4-8-20-16-10-12(7-9-21-16)17(23)22-15-11-13(18)5-6-14(15)19/h5-7,9-11H,2-4,8H2,1H3,(H,20,21)(H,22,23). The first-order chi connectivity index (χ1) is 11.1. The van der Waals surface area contributed by atoms with Gasteiger partial charge in [-0.3, -0.25) is 4.79 Å². The molecule has 23 heavy (non-hydrogen) atoms. The summed E-state index contributed by atoms with van der Waals surface area (Å²) in [4.78, 5) is 16.6. The summed E-state index contributed by atoms with van der Waals surface area (Å²) in [6.45, 7) is 3.00. The number of aromatic nitrogens is 1. The van der Waals surface area contributed by atoms with Crippen molar-refractivity contribution < 1.29 is 4.79 Å². The average molecular weight is 352 g/mol. The second kappa shape index (κ2) is 8.75. The van der Waals surface area contributed by atoms with Crippen LogP contribution < -0.4 is 10.6 Å². The lowest BCUT2D eigenvalue weighted by Crippen LogP contribution is -2.13. The van der Waals surface area contributed by atoms with E-state index in [-0.39, 0.29) is 5.91 Å². The largest absolute Gasteiger partial charge is 0.370 e. The van der Waals surface area contributed by atoms with Crippen molar-refractivity contribution in [2.45, 2.75) is 26.2 Å². The molecule has 1 aromatic heterocycles. The minimum absolute atomic E-state index is 0.256. The Morgan fingerprint density at radius 1 is 1.17 bits per heavy atom. The normalized spacial score (nSPS) is 10.4. The molecular formula is C17H19Cl2N3O. The number of hydrogen-bond donors (Lipinski definition) is 2. The van der Waals surface area contributed by atoms with Gasteiger partial charge in [-0.1, -0.05) is 43.0 Å². The van der Waals surface area contributed by atoms with E-state index in [4.69, 9.17) is 23.2 Å². The minimum Gasteiger partial charge on any atom is -0.370 e. The molecule has 0 unspecified atom stereocenters. The van der Waals surface area contributed by atoms with Crippen molar-refractivity contribution in [3.63, 3.8) is 0 Å². The highest BCUT2D eigenvalue weighted by atomic mass is 35.5. The van der Waals surface area contributed by atoms with Crippen molar-refractivity contribution in [1.29, 1.82) is 0 Å². The van der Waals surface area contributed by atoms with E-state index < -0.39 is 0 Å². The van der Waals surface area contributed by atoms with E-state index in [2.05, 4.69) is 22.5 Å². The fraction of sp³-hybridized carbons (Fsp3) is 0.294. The molecule has 122 valence electrons. The Labute approximate surface area is 146 Å². The Morgan fingerprint density at radius 2 is 2.00 bits per heavy atom. The number of carbonyl (C=O) groups excluding carboxylic acids is 1. The fourth-order valence-electron chi connectivity index (χ4n) is 2.05. The number of nitrogens with one attached hydrogen (secondary N) is 2. The molecular weight excluding hydrogens is 333 g/mol. The monoisotopic (exact) mass is 351 g/mol. The third-order valence-electron chi connectivity index (χ3n) is 3.29. The van der Waals surface area contributed by atoms with Crippen molar-refractivity contribution >= 4 is 40.6 Å². The predicted octanol–water partition coefficient (Wildman–Crippen LogP) is 5.24. The minimum atomic E-state index is -0.256. The SMILES string of the molecule is CCCCCNc1cc(C(=O)Nc2cc(Cl)ccc2Cl)ccn1. The van der Waals surface area contributed by atoms with Crippen LogP contribution in [0.1, 0.15) is 36.5 Å². The number of hydrogen-bond acceptors (Lipinski definition) is 3. The van der Waals surface area contributed by atoms with Crippen LogP contribution in [0.2, 0.25) is 10.0 Å². The summed E-state index contributed by atoms with van der Waals surface area (Å²) in [6.07, 6.45) is 5.02. The smallest absolute Gasteiger partial charge is 0.255 e. The topological polar surface area (TPSA) is 54.0 Å². The van der Waals surface area contributed by atoms with Crippen LogP contribution in [0, 0.1) is 0 Å². The number of amides is 1. The van der Waals surface area contributed by atoms with Gasteiger partial charge in [0, 0.05) is 23.3 Å². The molecule has 0 atom stereocenters. The summed E-state index contributed by atoms with van der Waals surface area (Å²) in [6, 6.07) is 8.31. The molecule has 2 aromatic rings. The Hall–Kier alpha value is -1.78. The number of benzene rings is 1. The van der Waals surface area contributed by atoms with Crippen LogP contribution in [-0.2, 0) is 0 Å². The van der Waals surface area contributed by atoms with Crippen molar-refractivity contribution in [2.75, 3.05) is 17.2 Å². The molecule has 0 radical (unpaired) electrons. The van der Waals surface area contributed by atoms with Gasteiger partial charge in [0.1, 0.15) is 5.82 Å². The quantitative estimate of drug-likeness (QED) is 0.670. The van der Waals surface area contributed by atoms with Crippen LogP contribution in [0.4, 0.5) is 11.5 Å². The Kier molecular flexibility index (Phi) is 6.68. The third-order valence-corrected chi connectivity index (χ3v) is 3.85. The third kappa shape index (κ3) is 5.41. The predicted molar refractivity (Wildman–Crippen MR) is 96.7 cm³/mol. The first kappa shape index (κ1) is 17.6. The molecule has 6 heteroatoms. The highest BCUT2D eigenvalue weighted by Gasteiger charge is 2.10. The van der Waals surface area contributed by atoms with Crippen LogP contribution in [0.3, 0.4) is 0 Å². The van der Waals surface area contributed by atoms with E-state index in [1.165, 1.54) is 6.42 Å². The molecule has 2 N–H and O–H groups in total. The molecule has 1 amide bonds. The molecule has 1 heterocycles. The Bertz CT molecular complexity index is 677. The number of halogens is 2. The van der Waals surface area contributed by atoms with E-state index in [1.807, 2.05) is 0 Å². The number of nitrogens with zero attached hydrogens (tertiary/aromatic N) is 1. The second-order valence-corrected chi connectivity index (χ2v) is 5.99. The zero-order valence-corrected chi connectivity index (χ0v) is 14.4. The number of unbranched alkanes of at least 4 members (excludes halogenated alkanes) is 2. The maximum Gasteiger partial charge on any atom is 0.255 e. The lowest BCUT2D eigenvalue weighted by molar-refractivity contribution is 0.102. The zero-order valence-electron chi connectivity index (χ0n) is 12.9. The molecule has 1 aromatic carbocycles. The number of anilines is 2. The maximum absolute atomic E-state index is 12.3. The van der Waals surface area contributed by atoms with Crippen LogP contribution >= 0.6 is 23.2 Å². The first-order valence-electron chi connectivity index (χ1n) is 7.56. The molecule has 4 nitrogen and oxygen atoms in total. The van der Waals surface area contributed by atoms with Gasteiger partial charge in [0.25, 0.3) is 5.91 Å². The zero-order chi connectivity index (χ0) is 16.7. The molecule has 2 rings (SSSR count). The van der Waals surface area contributed by atoms with E-state index in [9.17, 15) is 4.79 Å². The summed E-state index contributed by atoms with van der Waals surface area (Å²) in [5.74, 6) is 0.430. The molecule has 0 bridgehead atoms.